The van der Waals surface area contributed by atoms with Crippen molar-refractivity contribution in [3.8, 4) is 5.75 Å². The largest absolute Gasteiger partial charge is 0.494 e. The molecular weight excluding hydrogens is 388 g/mol. The van der Waals surface area contributed by atoms with Gasteiger partial charge in [0.1, 0.15) is 11.4 Å². The van der Waals surface area contributed by atoms with Crippen LogP contribution in [-0.2, 0) is 9.59 Å². The molecule has 2 aromatic rings. The molecule has 162 valence electrons. The Kier molecular flexibility index (Phi) is 5.86. The first-order valence-electron chi connectivity index (χ1n) is 11.1. The van der Waals surface area contributed by atoms with E-state index >= 15 is 0 Å². The molecule has 2 aliphatic heterocycles. The van der Waals surface area contributed by atoms with E-state index in [9.17, 15) is 9.59 Å². The smallest absolute Gasteiger partial charge is 0.282 e. The monoisotopic (exact) mass is 418 g/mol. The van der Waals surface area contributed by atoms with Crippen molar-refractivity contribution in [1.82, 2.24) is 4.90 Å². The molecule has 0 spiro atoms. The lowest BCUT2D eigenvalue weighted by Gasteiger charge is -2.37. The van der Waals surface area contributed by atoms with Gasteiger partial charge in [-0.05, 0) is 61.9 Å². The van der Waals surface area contributed by atoms with Gasteiger partial charge in [-0.25, -0.2) is 4.90 Å². The van der Waals surface area contributed by atoms with Crippen LogP contribution < -0.4 is 9.64 Å². The molecule has 1 fully saturated rings. The minimum Gasteiger partial charge on any atom is -0.494 e. The predicted octanol–water partition coefficient (Wildman–Crippen LogP) is 4.66. The van der Waals surface area contributed by atoms with E-state index in [0.717, 1.165) is 36.4 Å². The van der Waals surface area contributed by atoms with Gasteiger partial charge in [0, 0.05) is 13.1 Å². The molecule has 0 bridgehead atoms. The van der Waals surface area contributed by atoms with Gasteiger partial charge in [0.25, 0.3) is 11.8 Å². The first-order chi connectivity index (χ1) is 14.9. The van der Waals surface area contributed by atoms with Gasteiger partial charge < -0.3 is 9.64 Å². The third-order valence-corrected chi connectivity index (χ3v) is 5.99. The fraction of sp³-hybridized carbons (Fsp3) is 0.385. The highest BCUT2D eigenvalue weighted by Gasteiger charge is 2.43. The number of amides is 2. The van der Waals surface area contributed by atoms with E-state index in [0.29, 0.717) is 35.4 Å². The van der Waals surface area contributed by atoms with Crippen LogP contribution in [0.3, 0.4) is 0 Å². The van der Waals surface area contributed by atoms with Crippen molar-refractivity contribution < 1.29 is 14.3 Å². The van der Waals surface area contributed by atoms with Gasteiger partial charge in [-0.2, -0.15) is 0 Å². The number of aryl methyl sites for hydroxylation is 1. The van der Waals surface area contributed by atoms with Gasteiger partial charge in [-0.3, -0.25) is 9.59 Å². The Hall–Kier alpha value is -3.08. The van der Waals surface area contributed by atoms with Crippen molar-refractivity contribution in [2.45, 2.75) is 34.1 Å². The number of piperidine rings is 1. The quantitative estimate of drug-likeness (QED) is 0.663. The Balaban J connectivity index is 1.77. The number of likely N-dealkylation sites (tertiary alicyclic amines) is 1. The molecule has 0 radical (unpaired) electrons. The van der Waals surface area contributed by atoms with E-state index in [1.807, 2.05) is 38.1 Å². The van der Waals surface area contributed by atoms with Crippen molar-refractivity contribution in [2.75, 3.05) is 24.6 Å². The number of ether oxygens (including phenoxy) is 1. The first kappa shape index (κ1) is 21.2. The molecule has 0 saturated carbocycles. The molecule has 0 aliphatic carbocycles. The molecule has 2 heterocycles. The van der Waals surface area contributed by atoms with E-state index in [1.54, 1.807) is 24.3 Å². The van der Waals surface area contributed by atoms with E-state index < -0.39 is 0 Å². The van der Waals surface area contributed by atoms with Crippen molar-refractivity contribution in [3.63, 3.8) is 0 Å². The highest BCUT2D eigenvalue weighted by atomic mass is 16.5. The number of benzene rings is 2. The lowest BCUT2D eigenvalue weighted by Crippen LogP contribution is -2.42. The molecule has 5 heteroatoms. The van der Waals surface area contributed by atoms with E-state index in [4.69, 9.17) is 4.74 Å². The predicted molar refractivity (Wildman–Crippen MR) is 123 cm³/mol. The van der Waals surface area contributed by atoms with Crippen molar-refractivity contribution in [2.24, 2.45) is 11.8 Å². The normalized spacial score (nSPS) is 21.8. The number of imide groups is 1. The van der Waals surface area contributed by atoms with Crippen molar-refractivity contribution >= 4 is 23.1 Å². The van der Waals surface area contributed by atoms with Crippen molar-refractivity contribution in [3.05, 3.63) is 65.4 Å². The number of carbonyl (C=O) groups excluding carboxylic acids is 2. The summed E-state index contributed by atoms with van der Waals surface area (Å²) >= 11 is 0. The summed E-state index contributed by atoms with van der Waals surface area (Å²) in [6.07, 6.45) is 1.13. The molecule has 2 amide bonds. The van der Waals surface area contributed by atoms with Crippen LogP contribution in [0.4, 0.5) is 5.69 Å². The summed E-state index contributed by atoms with van der Waals surface area (Å²) in [5.74, 6) is 1.15. The summed E-state index contributed by atoms with van der Waals surface area (Å²) in [4.78, 5) is 30.7. The summed E-state index contributed by atoms with van der Waals surface area (Å²) in [5.41, 5.74) is 3.50. The Morgan fingerprint density at radius 3 is 2.10 bits per heavy atom. The van der Waals surface area contributed by atoms with Crippen LogP contribution >= 0.6 is 0 Å². The van der Waals surface area contributed by atoms with Gasteiger partial charge >= 0.3 is 0 Å². The summed E-state index contributed by atoms with van der Waals surface area (Å²) in [6, 6.07) is 15.0. The van der Waals surface area contributed by atoms with E-state index in [2.05, 4.69) is 18.7 Å². The summed E-state index contributed by atoms with van der Waals surface area (Å²) < 4.78 is 5.51. The van der Waals surface area contributed by atoms with E-state index in [-0.39, 0.29) is 11.8 Å². The minimum absolute atomic E-state index is 0.244. The zero-order valence-corrected chi connectivity index (χ0v) is 18.7. The molecule has 0 aromatic heterocycles. The third kappa shape index (κ3) is 4.09. The minimum atomic E-state index is -0.265. The lowest BCUT2D eigenvalue weighted by atomic mass is 9.91. The molecule has 1 saturated heterocycles. The fourth-order valence-electron chi connectivity index (χ4n) is 4.73. The van der Waals surface area contributed by atoms with Crippen LogP contribution in [0.15, 0.2) is 54.2 Å². The van der Waals surface area contributed by atoms with Gasteiger partial charge in [0.15, 0.2) is 0 Å². The maximum absolute atomic E-state index is 13.7. The fourth-order valence-corrected chi connectivity index (χ4v) is 4.73. The average Bonchev–Trinajstić information content (AvgIpc) is 2.99. The first-order valence-corrected chi connectivity index (χ1v) is 11.1. The number of anilines is 1. The molecule has 4 rings (SSSR count). The maximum atomic E-state index is 13.7. The Morgan fingerprint density at radius 2 is 1.52 bits per heavy atom. The van der Waals surface area contributed by atoms with Crippen LogP contribution in [-0.4, -0.2) is 36.4 Å². The Labute approximate surface area is 184 Å². The zero-order chi connectivity index (χ0) is 22.1. The standard InChI is InChI=1S/C26H30N2O3/c1-5-31-22-12-10-21(11-13-22)28-25(29)23(20-8-6-17(2)7-9-20)24(26(28)30)27-15-18(3)14-19(4)16-27/h6-13,18-19H,5,14-16H2,1-4H3. The molecule has 2 aromatic carbocycles. The SMILES string of the molecule is CCOc1ccc(N2C(=O)C(c3ccc(C)cc3)=C(N3CC(C)CC(C)C3)C2=O)cc1. The highest BCUT2D eigenvalue weighted by molar-refractivity contribution is 6.45. The van der Waals surface area contributed by atoms with Crippen LogP contribution in [0.2, 0.25) is 0 Å². The Bertz CT molecular complexity index is 998. The van der Waals surface area contributed by atoms with Crippen molar-refractivity contribution in [1.29, 1.82) is 0 Å². The van der Waals surface area contributed by atoms with Gasteiger partial charge in [0.2, 0.25) is 0 Å². The van der Waals surface area contributed by atoms with Crippen LogP contribution in [0.25, 0.3) is 5.57 Å². The molecule has 2 aliphatic rings. The molecule has 0 N–H and O–H groups in total. The maximum Gasteiger partial charge on any atom is 0.282 e. The number of rotatable bonds is 5. The summed E-state index contributed by atoms with van der Waals surface area (Å²) in [6.45, 7) is 10.5. The summed E-state index contributed by atoms with van der Waals surface area (Å²) in [7, 11) is 0. The average molecular weight is 419 g/mol. The highest BCUT2D eigenvalue weighted by Crippen LogP contribution is 2.37. The van der Waals surface area contributed by atoms with Gasteiger partial charge in [0.05, 0.1) is 17.9 Å². The second-order valence-corrected chi connectivity index (χ2v) is 8.81. The topological polar surface area (TPSA) is 49.9 Å². The third-order valence-electron chi connectivity index (χ3n) is 5.99. The molecule has 31 heavy (non-hydrogen) atoms. The second-order valence-electron chi connectivity index (χ2n) is 8.81. The van der Waals surface area contributed by atoms with Crippen LogP contribution in [0.5, 0.6) is 5.75 Å². The lowest BCUT2D eigenvalue weighted by molar-refractivity contribution is -0.120. The number of hydrogen-bond donors (Lipinski definition) is 0. The molecule has 2 unspecified atom stereocenters. The Morgan fingerprint density at radius 1 is 0.903 bits per heavy atom. The van der Waals surface area contributed by atoms with E-state index in [1.165, 1.54) is 4.90 Å². The van der Waals surface area contributed by atoms with Crippen LogP contribution in [0.1, 0.15) is 38.3 Å². The molecule has 5 nitrogen and oxygen atoms in total. The van der Waals surface area contributed by atoms with Crippen LogP contribution in [0, 0.1) is 18.8 Å². The zero-order valence-electron chi connectivity index (χ0n) is 18.7. The van der Waals surface area contributed by atoms with Gasteiger partial charge in [-0.15, -0.1) is 0 Å². The summed E-state index contributed by atoms with van der Waals surface area (Å²) in [5, 5.41) is 0. The molecule has 2 atom stereocenters. The number of hydrogen-bond acceptors (Lipinski definition) is 4. The number of carbonyl (C=O) groups is 2. The van der Waals surface area contributed by atoms with Gasteiger partial charge in [-0.1, -0.05) is 43.7 Å². The second kappa shape index (κ2) is 8.58. The molecular formula is C26H30N2O3. The number of nitrogens with zero attached hydrogens (tertiary/aromatic N) is 2.